The molecule has 4 nitrogen and oxygen atoms in total. The molecule has 0 bridgehead atoms. The fourth-order valence-corrected chi connectivity index (χ4v) is 2.44. The lowest BCUT2D eigenvalue weighted by Gasteiger charge is -2.15. The van der Waals surface area contributed by atoms with Gasteiger partial charge in [-0.1, -0.05) is 35.9 Å². The summed E-state index contributed by atoms with van der Waals surface area (Å²) >= 11 is 6.03. The summed E-state index contributed by atoms with van der Waals surface area (Å²) < 4.78 is 10.8. The minimum Gasteiger partial charge on any atom is -0.497 e. The number of hydrogen-bond donors (Lipinski definition) is 1. The molecule has 2 aromatic carbocycles. The van der Waals surface area contributed by atoms with Crippen LogP contribution in [0.2, 0.25) is 5.02 Å². The molecule has 0 aromatic heterocycles. The predicted molar refractivity (Wildman–Crippen MR) is 95.9 cm³/mol. The van der Waals surface area contributed by atoms with E-state index in [2.05, 4.69) is 5.32 Å². The highest BCUT2D eigenvalue weighted by atomic mass is 35.5. The zero-order chi connectivity index (χ0) is 17.4. The van der Waals surface area contributed by atoms with Gasteiger partial charge in [-0.15, -0.1) is 0 Å². The molecule has 0 fully saturated rings. The SMILES string of the molecule is COc1cccc(CCCNC(=O)C(C)Oc2ccccc2Cl)c1. The number of amides is 1. The molecule has 5 heteroatoms. The maximum absolute atomic E-state index is 12.1. The summed E-state index contributed by atoms with van der Waals surface area (Å²) in [5.74, 6) is 1.21. The van der Waals surface area contributed by atoms with E-state index in [9.17, 15) is 4.79 Å². The Kier molecular flexibility index (Phi) is 6.94. The Bertz CT molecular complexity index is 675. The fraction of sp³-hybridized carbons (Fsp3) is 0.316. The molecule has 2 rings (SSSR count). The number of halogens is 1. The average Bonchev–Trinajstić information content (AvgIpc) is 2.60. The van der Waals surface area contributed by atoms with E-state index >= 15 is 0 Å². The van der Waals surface area contributed by atoms with Crippen LogP contribution >= 0.6 is 11.6 Å². The quantitative estimate of drug-likeness (QED) is 0.737. The van der Waals surface area contributed by atoms with Gasteiger partial charge in [-0.3, -0.25) is 4.79 Å². The Morgan fingerprint density at radius 3 is 2.75 bits per heavy atom. The molecule has 0 spiro atoms. The second-order valence-electron chi connectivity index (χ2n) is 5.44. The van der Waals surface area contributed by atoms with Gasteiger partial charge in [0.1, 0.15) is 11.5 Å². The zero-order valence-electron chi connectivity index (χ0n) is 13.9. The number of ether oxygens (including phenoxy) is 2. The van der Waals surface area contributed by atoms with Crippen LogP contribution < -0.4 is 14.8 Å². The van der Waals surface area contributed by atoms with E-state index in [-0.39, 0.29) is 5.91 Å². The van der Waals surface area contributed by atoms with Crippen LogP contribution in [0.3, 0.4) is 0 Å². The largest absolute Gasteiger partial charge is 0.497 e. The summed E-state index contributed by atoms with van der Waals surface area (Å²) in [6.07, 6.45) is 1.12. The number of para-hydroxylation sites is 1. The van der Waals surface area contributed by atoms with Crippen molar-refractivity contribution < 1.29 is 14.3 Å². The third kappa shape index (κ3) is 5.46. The molecule has 0 aliphatic heterocycles. The Balaban J connectivity index is 1.73. The number of methoxy groups -OCH3 is 1. The third-order valence-electron chi connectivity index (χ3n) is 3.59. The van der Waals surface area contributed by atoms with Gasteiger partial charge in [0, 0.05) is 6.54 Å². The van der Waals surface area contributed by atoms with Gasteiger partial charge in [-0.2, -0.15) is 0 Å². The summed E-state index contributed by atoms with van der Waals surface area (Å²) in [5.41, 5.74) is 1.18. The molecule has 1 unspecified atom stereocenters. The van der Waals surface area contributed by atoms with Crippen molar-refractivity contribution in [2.75, 3.05) is 13.7 Å². The van der Waals surface area contributed by atoms with E-state index in [1.807, 2.05) is 36.4 Å². The van der Waals surface area contributed by atoms with Gasteiger partial charge in [0.2, 0.25) is 0 Å². The molecule has 1 atom stereocenters. The van der Waals surface area contributed by atoms with Crippen molar-refractivity contribution >= 4 is 17.5 Å². The third-order valence-corrected chi connectivity index (χ3v) is 3.90. The van der Waals surface area contributed by atoms with Gasteiger partial charge in [-0.25, -0.2) is 0 Å². The van der Waals surface area contributed by atoms with E-state index in [1.165, 1.54) is 5.56 Å². The van der Waals surface area contributed by atoms with E-state index in [4.69, 9.17) is 21.1 Å². The minimum absolute atomic E-state index is 0.152. The van der Waals surface area contributed by atoms with Crippen LogP contribution in [0.1, 0.15) is 18.9 Å². The molecule has 1 amide bonds. The Hall–Kier alpha value is -2.20. The van der Waals surface area contributed by atoms with Gasteiger partial charge in [-0.05, 0) is 49.6 Å². The lowest BCUT2D eigenvalue weighted by atomic mass is 10.1. The van der Waals surface area contributed by atoms with Crippen LogP contribution in [-0.4, -0.2) is 25.7 Å². The number of benzene rings is 2. The monoisotopic (exact) mass is 347 g/mol. The van der Waals surface area contributed by atoms with Crippen LogP contribution in [0.15, 0.2) is 48.5 Å². The van der Waals surface area contributed by atoms with Crippen molar-refractivity contribution in [2.24, 2.45) is 0 Å². The first kappa shape index (κ1) is 18.1. The second kappa shape index (κ2) is 9.18. The van der Waals surface area contributed by atoms with Crippen molar-refractivity contribution in [3.8, 4) is 11.5 Å². The molecule has 1 N–H and O–H groups in total. The molecule has 0 aliphatic carbocycles. The summed E-state index contributed by atoms with van der Waals surface area (Å²) in [4.78, 5) is 12.1. The maximum atomic E-state index is 12.1. The van der Waals surface area contributed by atoms with E-state index in [0.717, 1.165) is 18.6 Å². The van der Waals surface area contributed by atoms with Crippen LogP contribution in [0.4, 0.5) is 0 Å². The van der Waals surface area contributed by atoms with E-state index in [0.29, 0.717) is 17.3 Å². The first-order valence-electron chi connectivity index (χ1n) is 7.92. The number of carbonyl (C=O) groups is 1. The van der Waals surface area contributed by atoms with Crippen LogP contribution in [0, 0.1) is 0 Å². The number of carbonyl (C=O) groups excluding carboxylic acids is 1. The fourth-order valence-electron chi connectivity index (χ4n) is 2.26. The number of rotatable bonds is 8. The van der Waals surface area contributed by atoms with E-state index in [1.54, 1.807) is 26.2 Å². The molecule has 24 heavy (non-hydrogen) atoms. The van der Waals surface area contributed by atoms with Crippen molar-refractivity contribution in [3.05, 3.63) is 59.1 Å². The summed E-state index contributed by atoms with van der Waals surface area (Å²) in [6.45, 7) is 2.30. The summed E-state index contributed by atoms with van der Waals surface area (Å²) in [5, 5.41) is 3.38. The van der Waals surface area contributed by atoms with Gasteiger partial charge >= 0.3 is 0 Å². The molecule has 0 aliphatic rings. The van der Waals surface area contributed by atoms with Crippen molar-refractivity contribution in [2.45, 2.75) is 25.9 Å². The normalized spacial score (nSPS) is 11.6. The molecule has 0 heterocycles. The van der Waals surface area contributed by atoms with Crippen molar-refractivity contribution in [1.82, 2.24) is 5.32 Å². The highest BCUT2D eigenvalue weighted by molar-refractivity contribution is 6.32. The standard InChI is InChI=1S/C19H22ClNO3/c1-14(24-18-11-4-3-10-17(18)20)19(22)21-12-6-8-15-7-5-9-16(13-15)23-2/h3-5,7,9-11,13-14H,6,8,12H2,1-2H3,(H,21,22). The number of aryl methyl sites for hydroxylation is 1. The average molecular weight is 348 g/mol. The highest BCUT2D eigenvalue weighted by Crippen LogP contribution is 2.24. The lowest BCUT2D eigenvalue weighted by Crippen LogP contribution is -2.37. The van der Waals surface area contributed by atoms with Crippen LogP contribution in [-0.2, 0) is 11.2 Å². The molecule has 128 valence electrons. The first-order valence-corrected chi connectivity index (χ1v) is 8.30. The van der Waals surface area contributed by atoms with Gasteiger partial charge in [0.05, 0.1) is 12.1 Å². The zero-order valence-corrected chi connectivity index (χ0v) is 14.7. The Morgan fingerprint density at radius 2 is 2.00 bits per heavy atom. The molecule has 2 aromatic rings. The highest BCUT2D eigenvalue weighted by Gasteiger charge is 2.15. The number of hydrogen-bond acceptors (Lipinski definition) is 3. The van der Waals surface area contributed by atoms with E-state index < -0.39 is 6.10 Å². The van der Waals surface area contributed by atoms with Crippen LogP contribution in [0.25, 0.3) is 0 Å². The summed E-state index contributed by atoms with van der Waals surface area (Å²) in [6, 6.07) is 15.0. The Morgan fingerprint density at radius 1 is 1.21 bits per heavy atom. The molecule has 0 radical (unpaired) electrons. The van der Waals surface area contributed by atoms with Crippen LogP contribution in [0.5, 0.6) is 11.5 Å². The first-order chi connectivity index (χ1) is 11.6. The smallest absolute Gasteiger partial charge is 0.260 e. The molecule has 0 saturated carbocycles. The lowest BCUT2D eigenvalue weighted by molar-refractivity contribution is -0.127. The Labute approximate surface area is 147 Å². The van der Waals surface area contributed by atoms with Gasteiger partial charge in [0.25, 0.3) is 5.91 Å². The second-order valence-corrected chi connectivity index (χ2v) is 5.84. The topological polar surface area (TPSA) is 47.6 Å². The number of nitrogens with one attached hydrogen (secondary N) is 1. The maximum Gasteiger partial charge on any atom is 0.260 e. The van der Waals surface area contributed by atoms with Crippen molar-refractivity contribution in [1.29, 1.82) is 0 Å². The molecular weight excluding hydrogens is 326 g/mol. The van der Waals surface area contributed by atoms with Gasteiger partial charge in [0.15, 0.2) is 6.10 Å². The van der Waals surface area contributed by atoms with Gasteiger partial charge < -0.3 is 14.8 Å². The molecule has 0 saturated heterocycles. The summed E-state index contributed by atoms with van der Waals surface area (Å²) in [7, 11) is 1.65. The predicted octanol–water partition coefficient (Wildman–Crippen LogP) is 3.86. The minimum atomic E-state index is -0.596. The molecular formula is C19H22ClNO3. The van der Waals surface area contributed by atoms with Crippen molar-refractivity contribution in [3.63, 3.8) is 0 Å².